The summed E-state index contributed by atoms with van der Waals surface area (Å²) in [5.74, 6) is 0. The van der Waals surface area contributed by atoms with Gasteiger partial charge in [-0.3, -0.25) is 0 Å². The Morgan fingerprint density at radius 1 is 1.23 bits per heavy atom. The highest BCUT2D eigenvalue weighted by Gasteiger charge is 2.12. The normalized spacial score (nSPS) is 12.1. The third-order valence-corrected chi connectivity index (χ3v) is 2.73. The van der Waals surface area contributed by atoms with Crippen molar-refractivity contribution in [2.45, 2.75) is 4.90 Å². The molecule has 5 heteroatoms. The van der Waals surface area contributed by atoms with Crippen molar-refractivity contribution in [1.29, 1.82) is 0 Å². The fraction of sp³-hybridized carbons (Fsp3) is 0. The number of benzene rings is 1. The van der Waals surface area contributed by atoms with Crippen LogP contribution in [-0.4, -0.2) is 8.42 Å². The Morgan fingerprint density at radius 2 is 2.00 bits per heavy atom. The molecule has 0 aliphatic rings. The molecule has 0 bridgehead atoms. The molecule has 1 aromatic heterocycles. The summed E-state index contributed by atoms with van der Waals surface area (Å²) in [5.41, 5.74) is 0.520. The van der Waals surface area contributed by atoms with Crippen LogP contribution in [0.4, 0.5) is 0 Å². The summed E-state index contributed by atoms with van der Waals surface area (Å²) in [5, 5.41) is 5.53. The molecule has 13 heavy (non-hydrogen) atoms. The zero-order valence-corrected chi connectivity index (χ0v) is 7.41. The van der Waals surface area contributed by atoms with Crippen molar-refractivity contribution in [1.82, 2.24) is 0 Å². The van der Waals surface area contributed by atoms with Crippen LogP contribution in [0.3, 0.4) is 0 Å². The topological polar surface area (TPSA) is 73.3 Å². The van der Waals surface area contributed by atoms with Gasteiger partial charge in [-0.05, 0) is 18.2 Å². The highest BCUT2D eigenvalue weighted by molar-refractivity contribution is 7.89. The number of sulfonamides is 1. The minimum atomic E-state index is -3.66. The molecule has 0 saturated heterocycles. The lowest BCUT2D eigenvalue weighted by atomic mass is 10.3. The van der Waals surface area contributed by atoms with Crippen LogP contribution in [0.25, 0.3) is 11.0 Å². The molecule has 0 saturated carbocycles. The zero-order valence-electron chi connectivity index (χ0n) is 6.60. The van der Waals surface area contributed by atoms with Crippen molar-refractivity contribution in [3.8, 4) is 0 Å². The van der Waals surface area contributed by atoms with Gasteiger partial charge in [-0.25, -0.2) is 13.6 Å². The first-order valence-electron chi connectivity index (χ1n) is 3.58. The molecule has 4 nitrogen and oxygen atoms in total. The van der Waals surface area contributed by atoms with E-state index in [1.165, 1.54) is 12.3 Å². The lowest BCUT2D eigenvalue weighted by molar-refractivity contribution is 0.597. The van der Waals surface area contributed by atoms with Crippen LogP contribution in [0.1, 0.15) is 0 Å². The zero-order chi connectivity index (χ0) is 9.47. The van der Waals surface area contributed by atoms with Crippen LogP contribution in [0, 0.1) is 0 Å². The molecular formula is C8H7NO3S. The summed E-state index contributed by atoms with van der Waals surface area (Å²) in [7, 11) is -3.66. The van der Waals surface area contributed by atoms with Gasteiger partial charge in [-0.15, -0.1) is 0 Å². The van der Waals surface area contributed by atoms with Gasteiger partial charge in [-0.1, -0.05) is 6.07 Å². The Bertz CT molecular complexity index is 541. The standard InChI is InChI=1S/C8H7NO3S/c9-13(10,11)8-3-1-2-7-6(8)4-5-12-7/h1-5H,(H2,9,10,11). The van der Waals surface area contributed by atoms with E-state index in [9.17, 15) is 8.42 Å². The number of primary sulfonamides is 1. The first-order chi connectivity index (χ1) is 6.09. The highest BCUT2D eigenvalue weighted by atomic mass is 32.2. The van der Waals surface area contributed by atoms with Crippen molar-refractivity contribution < 1.29 is 12.8 Å². The Balaban J connectivity index is 2.91. The van der Waals surface area contributed by atoms with E-state index >= 15 is 0 Å². The average Bonchev–Trinajstić information content (AvgIpc) is 2.48. The Kier molecular flexibility index (Phi) is 1.64. The van der Waals surface area contributed by atoms with Gasteiger partial charge in [-0.2, -0.15) is 0 Å². The first-order valence-corrected chi connectivity index (χ1v) is 5.13. The Morgan fingerprint density at radius 3 is 2.69 bits per heavy atom. The molecule has 0 atom stereocenters. The van der Waals surface area contributed by atoms with E-state index < -0.39 is 10.0 Å². The van der Waals surface area contributed by atoms with Crippen molar-refractivity contribution in [2.75, 3.05) is 0 Å². The molecule has 0 unspecified atom stereocenters. The second-order valence-corrected chi connectivity index (χ2v) is 4.16. The molecule has 0 amide bonds. The molecule has 0 radical (unpaired) electrons. The van der Waals surface area contributed by atoms with E-state index in [-0.39, 0.29) is 4.90 Å². The first kappa shape index (κ1) is 8.28. The van der Waals surface area contributed by atoms with E-state index in [1.807, 2.05) is 0 Å². The number of fused-ring (bicyclic) bond motifs is 1. The van der Waals surface area contributed by atoms with Gasteiger partial charge in [0.05, 0.1) is 11.2 Å². The summed E-state index contributed by atoms with van der Waals surface area (Å²) in [6.45, 7) is 0. The molecule has 1 aromatic carbocycles. The number of hydrogen-bond donors (Lipinski definition) is 1. The third kappa shape index (κ3) is 1.32. The van der Waals surface area contributed by atoms with Crippen LogP contribution in [0.5, 0.6) is 0 Å². The molecule has 0 aliphatic carbocycles. The average molecular weight is 197 g/mol. The third-order valence-electron chi connectivity index (χ3n) is 1.76. The minimum absolute atomic E-state index is 0.0961. The van der Waals surface area contributed by atoms with E-state index in [0.29, 0.717) is 11.0 Å². The second kappa shape index (κ2) is 2.58. The molecule has 68 valence electrons. The van der Waals surface area contributed by atoms with Gasteiger partial charge in [0.2, 0.25) is 10.0 Å². The van der Waals surface area contributed by atoms with Gasteiger partial charge >= 0.3 is 0 Å². The summed E-state index contributed by atoms with van der Waals surface area (Å²) in [6, 6.07) is 6.30. The van der Waals surface area contributed by atoms with Crippen LogP contribution < -0.4 is 5.14 Å². The van der Waals surface area contributed by atoms with Crippen molar-refractivity contribution >= 4 is 21.0 Å². The van der Waals surface area contributed by atoms with Crippen LogP contribution in [-0.2, 0) is 10.0 Å². The summed E-state index contributed by atoms with van der Waals surface area (Å²) in [4.78, 5) is 0.0961. The molecule has 2 N–H and O–H groups in total. The van der Waals surface area contributed by atoms with Gasteiger partial charge in [0.1, 0.15) is 5.58 Å². The van der Waals surface area contributed by atoms with Crippen molar-refractivity contribution in [3.05, 3.63) is 30.5 Å². The van der Waals surface area contributed by atoms with Crippen LogP contribution >= 0.6 is 0 Å². The summed E-state index contributed by atoms with van der Waals surface area (Å²) < 4.78 is 27.2. The molecule has 1 heterocycles. The minimum Gasteiger partial charge on any atom is -0.464 e. The quantitative estimate of drug-likeness (QED) is 0.743. The number of furan rings is 1. The number of nitrogens with two attached hydrogens (primary N) is 1. The van der Waals surface area contributed by atoms with Crippen LogP contribution in [0.2, 0.25) is 0 Å². The predicted octanol–water partition coefficient (Wildman–Crippen LogP) is 1.08. The second-order valence-electron chi connectivity index (χ2n) is 2.63. The van der Waals surface area contributed by atoms with E-state index in [0.717, 1.165) is 0 Å². The Hall–Kier alpha value is -1.33. The molecule has 2 aromatic rings. The SMILES string of the molecule is NS(=O)(=O)c1cccc2occc12. The van der Waals surface area contributed by atoms with Gasteiger partial charge in [0.25, 0.3) is 0 Å². The molecular weight excluding hydrogens is 190 g/mol. The van der Waals surface area contributed by atoms with Gasteiger partial charge in [0.15, 0.2) is 0 Å². The lowest BCUT2D eigenvalue weighted by Crippen LogP contribution is -2.12. The van der Waals surface area contributed by atoms with Crippen molar-refractivity contribution in [2.24, 2.45) is 5.14 Å². The lowest BCUT2D eigenvalue weighted by Gasteiger charge is -1.97. The van der Waals surface area contributed by atoms with E-state index in [1.54, 1.807) is 18.2 Å². The predicted molar refractivity (Wildman–Crippen MR) is 47.6 cm³/mol. The maximum absolute atomic E-state index is 11.1. The van der Waals surface area contributed by atoms with E-state index in [2.05, 4.69) is 0 Å². The molecule has 0 spiro atoms. The summed E-state index contributed by atoms with van der Waals surface area (Å²) in [6.07, 6.45) is 1.43. The fourth-order valence-corrected chi connectivity index (χ4v) is 1.96. The van der Waals surface area contributed by atoms with Crippen LogP contribution in [0.15, 0.2) is 39.8 Å². The highest BCUT2D eigenvalue weighted by Crippen LogP contribution is 2.22. The number of rotatable bonds is 1. The largest absolute Gasteiger partial charge is 0.464 e. The van der Waals surface area contributed by atoms with Gasteiger partial charge < -0.3 is 4.42 Å². The molecule has 2 rings (SSSR count). The maximum Gasteiger partial charge on any atom is 0.238 e. The fourth-order valence-electron chi connectivity index (χ4n) is 1.21. The van der Waals surface area contributed by atoms with E-state index in [4.69, 9.17) is 9.56 Å². The van der Waals surface area contributed by atoms with Crippen molar-refractivity contribution in [3.63, 3.8) is 0 Å². The molecule has 0 fully saturated rings. The maximum atomic E-state index is 11.1. The molecule has 0 aliphatic heterocycles. The monoisotopic (exact) mass is 197 g/mol. The Labute approximate surface area is 75.0 Å². The summed E-state index contributed by atoms with van der Waals surface area (Å²) >= 11 is 0. The smallest absolute Gasteiger partial charge is 0.238 e. The van der Waals surface area contributed by atoms with Gasteiger partial charge in [0, 0.05) is 5.39 Å². The number of hydrogen-bond acceptors (Lipinski definition) is 3.